The summed E-state index contributed by atoms with van der Waals surface area (Å²) < 4.78 is 42.2. The lowest BCUT2D eigenvalue weighted by Crippen LogP contribution is -2.44. The highest BCUT2D eigenvalue weighted by atomic mass is 19.4. The number of halogens is 3. The minimum atomic E-state index is -4.65. The van der Waals surface area contributed by atoms with Gasteiger partial charge < -0.3 is 11.1 Å². The number of anilines is 2. The zero-order valence-electron chi connectivity index (χ0n) is 31.6. The second kappa shape index (κ2) is 16.8. The van der Waals surface area contributed by atoms with E-state index in [0.29, 0.717) is 46.4 Å². The molecule has 3 amide bonds. The topological polar surface area (TPSA) is 157 Å². The average Bonchev–Trinajstić information content (AvgIpc) is 3.45. The Morgan fingerprint density at radius 3 is 2.47 bits per heavy atom. The van der Waals surface area contributed by atoms with Gasteiger partial charge in [-0.05, 0) is 119 Å². The molecule has 12 nitrogen and oxygen atoms in total. The van der Waals surface area contributed by atoms with E-state index >= 15 is 0 Å². The molecule has 4 N–H and O–H groups in total. The van der Waals surface area contributed by atoms with Crippen molar-refractivity contribution in [1.29, 1.82) is 0 Å². The number of amides is 3. The summed E-state index contributed by atoms with van der Waals surface area (Å²) in [6, 6.07) is 13.0. The number of pyridine rings is 1. The van der Waals surface area contributed by atoms with Crippen molar-refractivity contribution in [3.8, 4) is 11.8 Å². The molecule has 57 heavy (non-hydrogen) atoms. The Hall–Kier alpha value is -5.75. The van der Waals surface area contributed by atoms with Gasteiger partial charge in [0, 0.05) is 42.7 Å². The predicted molar refractivity (Wildman–Crippen MR) is 211 cm³/mol. The number of alkyl halides is 3. The Balaban J connectivity index is 0.867. The Bertz CT molecular complexity index is 2320. The highest BCUT2D eigenvalue weighted by Gasteiger charge is 2.34. The first-order valence-electron chi connectivity index (χ1n) is 19.4. The lowest BCUT2D eigenvalue weighted by molar-refractivity contribution is -0.141. The maximum absolute atomic E-state index is 13.2. The van der Waals surface area contributed by atoms with Gasteiger partial charge in [0.1, 0.15) is 17.4 Å². The summed E-state index contributed by atoms with van der Waals surface area (Å²) >= 11 is 0. The molecular weight excluding hydrogens is 738 g/mol. The Morgan fingerprint density at radius 2 is 1.74 bits per heavy atom. The van der Waals surface area contributed by atoms with Gasteiger partial charge in [-0.1, -0.05) is 24.0 Å². The first-order chi connectivity index (χ1) is 27.3. The van der Waals surface area contributed by atoms with Gasteiger partial charge in [-0.3, -0.25) is 38.7 Å². The number of hydrogen-bond donors (Lipinski definition) is 3. The van der Waals surface area contributed by atoms with E-state index in [2.05, 4.69) is 32.4 Å². The van der Waals surface area contributed by atoms with Gasteiger partial charge in [-0.15, -0.1) is 0 Å². The van der Waals surface area contributed by atoms with Crippen molar-refractivity contribution in [1.82, 2.24) is 24.3 Å². The largest absolute Gasteiger partial charge is 0.433 e. The zero-order chi connectivity index (χ0) is 40.3. The third-order valence-electron chi connectivity index (χ3n) is 11.4. The number of carbonyl (C=O) groups is 3. The molecule has 2 aliphatic heterocycles. The van der Waals surface area contributed by atoms with Gasteiger partial charge in [-0.25, -0.2) is 9.78 Å². The number of nitrogens with one attached hydrogen (secondary N) is 2. The summed E-state index contributed by atoms with van der Waals surface area (Å²) in [6.45, 7) is 2.58. The van der Waals surface area contributed by atoms with Crippen LogP contribution in [-0.4, -0.2) is 68.6 Å². The molecule has 1 unspecified atom stereocenters. The fraction of sp³-hybridized carbons (Fsp3) is 0.429. The molecule has 4 heterocycles. The van der Waals surface area contributed by atoms with Gasteiger partial charge in [0.25, 0.3) is 5.91 Å². The van der Waals surface area contributed by atoms with Crippen LogP contribution in [0.3, 0.4) is 0 Å². The minimum absolute atomic E-state index is 0.165. The number of nitrogen functional groups attached to an aromatic ring is 1. The Labute approximate surface area is 327 Å². The molecule has 3 fully saturated rings. The van der Waals surface area contributed by atoms with Crippen molar-refractivity contribution in [3.63, 3.8) is 0 Å². The van der Waals surface area contributed by atoms with Crippen LogP contribution in [0.2, 0.25) is 0 Å². The number of para-hydroxylation sites is 1. The second-order valence-electron chi connectivity index (χ2n) is 15.3. The second-order valence-corrected chi connectivity index (χ2v) is 15.3. The van der Waals surface area contributed by atoms with Crippen LogP contribution in [0.1, 0.15) is 91.1 Å². The fourth-order valence-corrected chi connectivity index (χ4v) is 8.26. The molecular formula is C42H45F3N8O4. The van der Waals surface area contributed by atoms with Gasteiger partial charge in [0.15, 0.2) is 0 Å². The summed E-state index contributed by atoms with van der Waals surface area (Å²) in [7, 11) is 1.68. The third-order valence-corrected chi connectivity index (χ3v) is 11.4. The number of nitrogens with two attached hydrogens (primary N) is 1. The van der Waals surface area contributed by atoms with E-state index in [4.69, 9.17) is 10.7 Å². The smallest absolute Gasteiger partial charge is 0.398 e. The van der Waals surface area contributed by atoms with E-state index < -0.39 is 29.7 Å². The van der Waals surface area contributed by atoms with Crippen molar-refractivity contribution in [2.75, 3.05) is 30.7 Å². The van der Waals surface area contributed by atoms with Crippen molar-refractivity contribution < 1.29 is 27.6 Å². The Kier molecular flexibility index (Phi) is 11.6. The molecule has 2 aromatic carbocycles. The summed E-state index contributed by atoms with van der Waals surface area (Å²) in [6.07, 6.45) is 5.12. The standard InChI is InChI=1S/C42H45F3N8O4/c1-51-38-28(5-2-8-34(38)53(41(51)57)35-16-17-37(54)50-40(35)56)6-4-20-52-21-18-27(19-22-52)23-26-10-12-30(13-11-26)47-25-29-24-31(14-15-32(29)46)48-39(55)33-7-3-9-36(49-33)42(43,44)45/h2-3,5,7-9,14-15,24-27,30,35H,10-13,16-23,46H2,1H3,(H,48,55)(H,50,54,56). The van der Waals surface area contributed by atoms with Crippen molar-refractivity contribution >= 4 is 46.3 Å². The van der Waals surface area contributed by atoms with E-state index in [1.807, 2.05) is 18.2 Å². The van der Waals surface area contributed by atoms with Crippen LogP contribution in [0.15, 0.2) is 64.4 Å². The van der Waals surface area contributed by atoms with Crippen LogP contribution in [0.5, 0.6) is 0 Å². The van der Waals surface area contributed by atoms with Crippen molar-refractivity contribution in [3.05, 3.63) is 87.6 Å². The maximum atomic E-state index is 13.2. The summed E-state index contributed by atoms with van der Waals surface area (Å²) in [5.41, 5.74) is 7.90. The zero-order valence-corrected chi connectivity index (χ0v) is 31.6. The summed E-state index contributed by atoms with van der Waals surface area (Å²) in [5, 5.41) is 4.95. The van der Waals surface area contributed by atoms with E-state index in [-0.39, 0.29) is 36.2 Å². The van der Waals surface area contributed by atoms with Crippen molar-refractivity contribution in [2.45, 2.75) is 76.0 Å². The van der Waals surface area contributed by atoms with Gasteiger partial charge in [-0.2, -0.15) is 13.2 Å². The number of aromatic nitrogens is 3. The molecule has 4 aromatic rings. The average molecular weight is 783 g/mol. The van der Waals surface area contributed by atoms with E-state index in [0.717, 1.165) is 69.3 Å². The highest BCUT2D eigenvalue weighted by molar-refractivity contribution is 6.04. The number of benzene rings is 2. The first kappa shape index (κ1) is 39.5. The van der Waals surface area contributed by atoms with E-state index in [1.165, 1.54) is 21.6 Å². The number of nitrogens with zero attached hydrogens (tertiary/aromatic N) is 5. The number of aryl methyl sites for hydroxylation is 1. The number of aliphatic imine (C=N–C) groups is 1. The minimum Gasteiger partial charge on any atom is -0.398 e. The molecule has 2 saturated heterocycles. The number of likely N-dealkylation sites (tertiary alicyclic amines) is 1. The van der Waals surface area contributed by atoms with Gasteiger partial charge >= 0.3 is 11.9 Å². The summed E-state index contributed by atoms with van der Waals surface area (Å²) in [5.74, 6) is 6.37. The van der Waals surface area contributed by atoms with Crippen LogP contribution in [-0.2, 0) is 22.8 Å². The van der Waals surface area contributed by atoms with Crippen LogP contribution >= 0.6 is 0 Å². The predicted octanol–water partition coefficient (Wildman–Crippen LogP) is 5.70. The highest BCUT2D eigenvalue weighted by Crippen LogP contribution is 2.34. The molecule has 3 aliphatic rings. The lowest BCUT2D eigenvalue weighted by atomic mass is 9.78. The molecule has 15 heteroatoms. The number of carbonyl (C=O) groups excluding carboxylic acids is 3. The molecule has 7 rings (SSSR count). The molecule has 2 aromatic heterocycles. The molecule has 0 spiro atoms. The third kappa shape index (κ3) is 9.12. The molecule has 298 valence electrons. The normalized spacial score (nSPS) is 21.0. The quantitative estimate of drug-likeness (QED) is 0.0897. The van der Waals surface area contributed by atoms with Gasteiger partial charge in [0.2, 0.25) is 11.8 Å². The van der Waals surface area contributed by atoms with Crippen LogP contribution in [0.4, 0.5) is 24.5 Å². The number of piperidine rings is 2. The van der Waals surface area contributed by atoms with Gasteiger partial charge in [0.05, 0.1) is 23.1 Å². The van der Waals surface area contributed by atoms with Crippen LogP contribution < -0.4 is 22.1 Å². The Morgan fingerprint density at radius 1 is 1.00 bits per heavy atom. The van der Waals surface area contributed by atoms with Crippen LogP contribution in [0, 0.1) is 23.7 Å². The molecule has 1 saturated carbocycles. The number of imidazole rings is 1. The molecule has 0 radical (unpaired) electrons. The molecule has 1 aliphatic carbocycles. The number of hydrogen-bond acceptors (Lipinski definition) is 8. The van der Waals surface area contributed by atoms with E-state index in [1.54, 1.807) is 31.5 Å². The number of rotatable bonds is 8. The lowest BCUT2D eigenvalue weighted by Gasteiger charge is -2.34. The molecule has 1 atom stereocenters. The molecule has 0 bridgehead atoms. The summed E-state index contributed by atoms with van der Waals surface area (Å²) in [4.78, 5) is 60.8. The maximum Gasteiger partial charge on any atom is 0.433 e. The van der Waals surface area contributed by atoms with Crippen molar-refractivity contribution in [2.24, 2.45) is 23.9 Å². The fourth-order valence-electron chi connectivity index (χ4n) is 8.26. The number of imide groups is 1. The van der Waals surface area contributed by atoms with E-state index in [9.17, 15) is 32.3 Å². The monoisotopic (exact) mass is 782 g/mol. The number of fused-ring (bicyclic) bond motifs is 1. The SMILES string of the molecule is Cn1c(=O)n(C2CCC(=O)NC2=O)c2cccc(C#CCN3CCC(CC4CCC(N=Cc5cc(NC(=O)c6cccc(C(F)(F)F)n6)ccc5N)CC4)CC3)c21. The first-order valence-corrected chi connectivity index (χ1v) is 19.4. The van der Waals surface area contributed by atoms with Crippen LogP contribution in [0.25, 0.3) is 11.0 Å².